The summed E-state index contributed by atoms with van der Waals surface area (Å²) in [5.74, 6) is -0.339. The quantitative estimate of drug-likeness (QED) is 0.815. The van der Waals surface area contributed by atoms with E-state index in [-0.39, 0.29) is 12.1 Å². The highest BCUT2D eigenvalue weighted by molar-refractivity contribution is 5.90. The van der Waals surface area contributed by atoms with E-state index >= 15 is 0 Å². The highest BCUT2D eigenvalue weighted by Gasteiger charge is 2.20. The lowest BCUT2D eigenvalue weighted by atomic mass is 10.1. The maximum Gasteiger partial charge on any atom is 0.341 e. The molecule has 1 aliphatic heterocycles. The number of rotatable bonds is 4. The number of benzene rings is 1. The summed E-state index contributed by atoms with van der Waals surface area (Å²) in [4.78, 5) is 12.2. The third kappa shape index (κ3) is 3.20. The normalized spacial score (nSPS) is 18.1. The number of para-hydroxylation sites is 1. The molecule has 1 aromatic carbocycles. The zero-order valence-electron chi connectivity index (χ0n) is 12.7. The average molecular weight is 300 g/mol. The second kappa shape index (κ2) is 6.75. The summed E-state index contributed by atoms with van der Waals surface area (Å²) in [6, 6.07) is 9.72. The van der Waals surface area contributed by atoms with E-state index in [0.29, 0.717) is 12.2 Å². The molecule has 5 heteroatoms. The molecule has 5 nitrogen and oxygen atoms in total. The lowest BCUT2D eigenvalue weighted by Crippen LogP contribution is -2.26. The number of ether oxygens (including phenoxy) is 2. The first-order chi connectivity index (χ1) is 10.8. The summed E-state index contributed by atoms with van der Waals surface area (Å²) < 4.78 is 12.7. The number of esters is 1. The van der Waals surface area contributed by atoms with Gasteiger partial charge in [0.15, 0.2) is 0 Å². The number of carbonyl (C=O) groups excluding carboxylic acids is 1. The second-order valence-electron chi connectivity index (χ2n) is 5.48. The molecule has 2 heterocycles. The molecule has 1 saturated heterocycles. The third-order valence-corrected chi connectivity index (χ3v) is 3.90. The van der Waals surface area contributed by atoms with Crippen molar-refractivity contribution in [2.75, 3.05) is 13.2 Å². The molecule has 0 amide bonds. The molecule has 0 aliphatic carbocycles. The first-order valence-electron chi connectivity index (χ1n) is 7.64. The minimum absolute atomic E-state index is 0.0298. The lowest BCUT2D eigenvalue weighted by Gasteiger charge is -2.21. The van der Waals surface area contributed by atoms with Gasteiger partial charge in [-0.25, -0.2) is 9.48 Å². The molecule has 1 aliphatic rings. The van der Waals surface area contributed by atoms with E-state index in [0.717, 1.165) is 37.3 Å². The van der Waals surface area contributed by atoms with Crippen molar-refractivity contribution in [1.82, 2.24) is 9.78 Å². The molecule has 0 N–H and O–H groups in total. The van der Waals surface area contributed by atoms with Gasteiger partial charge in [-0.1, -0.05) is 18.2 Å². The summed E-state index contributed by atoms with van der Waals surface area (Å²) in [5.41, 5.74) is 2.20. The SMILES string of the molecule is Cc1c(C(=O)OCC2CCCCO2)cnn1-c1ccccc1. The van der Waals surface area contributed by atoms with Gasteiger partial charge in [-0.15, -0.1) is 0 Å². The van der Waals surface area contributed by atoms with Crippen LogP contribution in [0.25, 0.3) is 5.69 Å². The maximum atomic E-state index is 12.2. The van der Waals surface area contributed by atoms with Gasteiger partial charge in [0.25, 0.3) is 0 Å². The zero-order valence-corrected chi connectivity index (χ0v) is 12.7. The molecule has 1 aromatic heterocycles. The van der Waals surface area contributed by atoms with Crippen LogP contribution in [-0.4, -0.2) is 35.1 Å². The fourth-order valence-electron chi connectivity index (χ4n) is 2.62. The van der Waals surface area contributed by atoms with Gasteiger partial charge in [0.2, 0.25) is 0 Å². The zero-order chi connectivity index (χ0) is 15.4. The van der Waals surface area contributed by atoms with E-state index in [4.69, 9.17) is 9.47 Å². The predicted octanol–water partition coefficient (Wildman–Crippen LogP) is 2.91. The van der Waals surface area contributed by atoms with Crippen LogP contribution >= 0.6 is 0 Å². The molecule has 3 rings (SSSR count). The van der Waals surface area contributed by atoms with Crippen molar-refractivity contribution >= 4 is 5.97 Å². The van der Waals surface area contributed by atoms with Crippen molar-refractivity contribution in [3.05, 3.63) is 47.8 Å². The van der Waals surface area contributed by atoms with E-state index in [1.165, 1.54) is 0 Å². The van der Waals surface area contributed by atoms with Crippen molar-refractivity contribution in [2.45, 2.75) is 32.3 Å². The van der Waals surface area contributed by atoms with Crippen molar-refractivity contribution < 1.29 is 14.3 Å². The van der Waals surface area contributed by atoms with Crippen LogP contribution in [0.4, 0.5) is 0 Å². The molecule has 116 valence electrons. The smallest absolute Gasteiger partial charge is 0.341 e. The molecular weight excluding hydrogens is 280 g/mol. The van der Waals surface area contributed by atoms with Gasteiger partial charge in [-0.2, -0.15) is 5.10 Å². The van der Waals surface area contributed by atoms with Gasteiger partial charge >= 0.3 is 5.97 Å². The largest absolute Gasteiger partial charge is 0.459 e. The van der Waals surface area contributed by atoms with Crippen molar-refractivity contribution in [2.24, 2.45) is 0 Å². The van der Waals surface area contributed by atoms with Crippen LogP contribution in [0.5, 0.6) is 0 Å². The fourth-order valence-corrected chi connectivity index (χ4v) is 2.62. The Morgan fingerprint density at radius 2 is 2.18 bits per heavy atom. The Labute approximate surface area is 129 Å². The summed E-state index contributed by atoms with van der Waals surface area (Å²) in [7, 11) is 0. The van der Waals surface area contributed by atoms with Crippen molar-refractivity contribution in [3.63, 3.8) is 0 Å². The van der Waals surface area contributed by atoms with Crippen LogP contribution in [-0.2, 0) is 9.47 Å². The highest BCUT2D eigenvalue weighted by Crippen LogP contribution is 2.16. The number of hydrogen-bond donors (Lipinski definition) is 0. The summed E-state index contributed by atoms with van der Waals surface area (Å²) in [6.45, 7) is 2.94. The molecule has 0 bridgehead atoms. The summed E-state index contributed by atoms with van der Waals surface area (Å²) in [5, 5.41) is 4.29. The number of carbonyl (C=O) groups is 1. The Morgan fingerprint density at radius 3 is 2.91 bits per heavy atom. The van der Waals surface area contributed by atoms with Crippen LogP contribution in [0.15, 0.2) is 36.5 Å². The van der Waals surface area contributed by atoms with Gasteiger partial charge in [0.1, 0.15) is 12.2 Å². The minimum Gasteiger partial charge on any atom is -0.459 e. The Balaban J connectivity index is 1.67. The molecule has 0 spiro atoms. The predicted molar refractivity (Wildman–Crippen MR) is 82.2 cm³/mol. The second-order valence-corrected chi connectivity index (χ2v) is 5.48. The van der Waals surface area contributed by atoms with E-state index in [9.17, 15) is 4.79 Å². The van der Waals surface area contributed by atoms with Crippen molar-refractivity contribution in [1.29, 1.82) is 0 Å². The minimum atomic E-state index is -0.339. The van der Waals surface area contributed by atoms with Crippen LogP contribution < -0.4 is 0 Å². The Kier molecular flexibility index (Phi) is 4.53. The first kappa shape index (κ1) is 14.8. The van der Waals surface area contributed by atoms with Gasteiger partial charge in [-0.3, -0.25) is 0 Å². The molecular formula is C17H20N2O3. The van der Waals surface area contributed by atoms with Crippen molar-refractivity contribution in [3.8, 4) is 5.69 Å². The van der Waals surface area contributed by atoms with E-state index < -0.39 is 0 Å². The monoisotopic (exact) mass is 300 g/mol. The number of hydrogen-bond acceptors (Lipinski definition) is 4. The third-order valence-electron chi connectivity index (χ3n) is 3.90. The molecule has 1 unspecified atom stereocenters. The highest BCUT2D eigenvalue weighted by atomic mass is 16.6. The van der Waals surface area contributed by atoms with Crippen LogP contribution in [0.1, 0.15) is 35.3 Å². The number of nitrogens with zero attached hydrogens (tertiary/aromatic N) is 2. The molecule has 1 atom stereocenters. The Hall–Kier alpha value is -2.14. The Morgan fingerprint density at radius 1 is 1.36 bits per heavy atom. The fraction of sp³-hybridized carbons (Fsp3) is 0.412. The summed E-state index contributed by atoms with van der Waals surface area (Å²) in [6.07, 6.45) is 4.77. The van der Waals surface area contributed by atoms with Gasteiger partial charge in [-0.05, 0) is 38.3 Å². The maximum absolute atomic E-state index is 12.2. The molecule has 0 radical (unpaired) electrons. The summed E-state index contributed by atoms with van der Waals surface area (Å²) >= 11 is 0. The van der Waals surface area contributed by atoms with E-state index in [1.54, 1.807) is 10.9 Å². The molecule has 22 heavy (non-hydrogen) atoms. The van der Waals surface area contributed by atoms with Crippen LogP contribution in [0.3, 0.4) is 0 Å². The van der Waals surface area contributed by atoms with Gasteiger partial charge < -0.3 is 9.47 Å². The first-order valence-corrected chi connectivity index (χ1v) is 7.64. The average Bonchev–Trinajstić information content (AvgIpc) is 2.96. The van der Waals surface area contributed by atoms with Gasteiger partial charge in [0, 0.05) is 6.61 Å². The van der Waals surface area contributed by atoms with Gasteiger partial charge in [0.05, 0.1) is 23.7 Å². The molecule has 1 fully saturated rings. The van der Waals surface area contributed by atoms with Crippen LogP contribution in [0.2, 0.25) is 0 Å². The molecule has 2 aromatic rings. The topological polar surface area (TPSA) is 53.4 Å². The Bertz CT molecular complexity index is 631. The van der Waals surface area contributed by atoms with E-state index in [1.807, 2.05) is 37.3 Å². The standard InChI is InChI=1S/C17H20N2O3/c1-13-16(11-18-19(13)14-7-3-2-4-8-14)17(20)22-12-15-9-5-6-10-21-15/h2-4,7-8,11,15H,5-6,9-10,12H2,1H3. The van der Waals surface area contributed by atoms with Crippen LogP contribution in [0, 0.1) is 6.92 Å². The number of aromatic nitrogens is 2. The lowest BCUT2D eigenvalue weighted by molar-refractivity contribution is -0.0300. The molecule has 0 saturated carbocycles. The van der Waals surface area contributed by atoms with E-state index in [2.05, 4.69) is 5.10 Å².